The lowest BCUT2D eigenvalue weighted by molar-refractivity contribution is -0.131. The third kappa shape index (κ3) is 3.79. The van der Waals surface area contributed by atoms with E-state index < -0.39 is 0 Å². The second-order valence-electron chi connectivity index (χ2n) is 9.01. The van der Waals surface area contributed by atoms with Gasteiger partial charge in [-0.3, -0.25) is 14.2 Å². The highest BCUT2D eigenvalue weighted by molar-refractivity contribution is 8.00. The van der Waals surface area contributed by atoms with Crippen LogP contribution in [0.5, 0.6) is 0 Å². The fourth-order valence-electron chi connectivity index (χ4n) is 5.00. The Labute approximate surface area is 196 Å². The van der Waals surface area contributed by atoms with Crippen LogP contribution >= 0.6 is 23.1 Å². The summed E-state index contributed by atoms with van der Waals surface area (Å²) in [4.78, 5) is 35.8. The largest absolute Gasteiger partial charge is 0.337 e. The number of thioether (sulfide) groups is 1. The van der Waals surface area contributed by atoms with Gasteiger partial charge >= 0.3 is 0 Å². The van der Waals surface area contributed by atoms with Gasteiger partial charge in [0, 0.05) is 24.0 Å². The molecule has 5 nitrogen and oxygen atoms in total. The Morgan fingerprint density at radius 1 is 1.19 bits per heavy atom. The van der Waals surface area contributed by atoms with Crippen molar-refractivity contribution >= 4 is 39.2 Å². The molecule has 1 aromatic carbocycles. The topological polar surface area (TPSA) is 55.2 Å². The second kappa shape index (κ2) is 8.67. The van der Waals surface area contributed by atoms with Crippen LogP contribution in [-0.2, 0) is 17.8 Å². The molecule has 7 heteroatoms. The molecule has 1 amide bonds. The third-order valence-corrected chi connectivity index (χ3v) is 9.12. The predicted octanol–water partition coefficient (Wildman–Crippen LogP) is 5.26. The Morgan fingerprint density at radius 2 is 1.91 bits per heavy atom. The molecule has 3 heterocycles. The SMILES string of the molecule is Cc1sc2nc(SC(C)C(=O)N3CCc4ccccc4C3)n(C3CCCC3)c(=O)c2c1C. The highest BCUT2D eigenvalue weighted by Gasteiger charge is 2.29. The molecule has 0 spiro atoms. The Kier molecular flexibility index (Phi) is 5.88. The maximum absolute atomic E-state index is 13.6. The minimum absolute atomic E-state index is 0.0674. The van der Waals surface area contributed by atoms with E-state index in [0.717, 1.165) is 59.3 Å². The molecule has 5 rings (SSSR count). The molecule has 0 N–H and O–H groups in total. The summed E-state index contributed by atoms with van der Waals surface area (Å²) in [5, 5.41) is 1.17. The Bertz CT molecular complexity index is 1240. The summed E-state index contributed by atoms with van der Waals surface area (Å²) in [6.07, 6.45) is 5.19. The van der Waals surface area contributed by atoms with E-state index in [1.165, 1.54) is 22.9 Å². The zero-order chi connectivity index (χ0) is 22.4. The quantitative estimate of drug-likeness (QED) is 0.388. The number of carbonyl (C=O) groups excluding carboxylic acids is 1. The molecule has 1 aliphatic carbocycles. The fourth-order valence-corrected chi connectivity index (χ4v) is 7.14. The van der Waals surface area contributed by atoms with E-state index >= 15 is 0 Å². The van der Waals surface area contributed by atoms with Crippen molar-refractivity contribution in [3.8, 4) is 0 Å². The molecule has 0 bridgehead atoms. The van der Waals surface area contributed by atoms with E-state index in [4.69, 9.17) is 4.98 Å². The van der Waals surface area contributed by atoms with Gasteiger partial charge in [-0.25, -0.2) is 4.98 Å². The van der Waals surface area contributed by atoms with Gasteiger partial charge < -0.3 is 4.90 Å². The summed E-state index contributed by atoms with van der Waals surface area (Å²) in [6.45, 7) is 7.42. The Balaban J connectivity index is 1.46. The molecule has 2 aliphatic rings. The first-order valence-electron chi connectivity index (χ1n) is 11.5. The zero-order valence-corrected chi connectivity index (χ0v) is 20.5. The number of nitrogens with zero attached hydrogens (tertiary/aromatic N) is 3. The van der Waals surface area contributed by atoms with Crippen LogP contribution in [0.1, 0.15) is 60.2 Å². The van der Waals surface area contributed by atoms with Crippen LogP contribution in [0.15, 0.2) is 34.2 Å². The number of hydrogen-bond donors (Lipinski definition) is 0. The van der Waals surface area contributed by atoms with Gasteiger partial charge in [-0.1, -0.05) is 48.9 Å². The van der Waals surface area contributed by atoms with Gasteiger partial charge in [0.15, 0.2) is 5.16 Å². The molecule has 1 aliphatic heterocycles. The summed E-state index contributed by atoms with van der Waals surface area (Å²) in [5.74, 6) is 0.121. The minimum atomic E-state index is -0.292. The van der Waals surface area contributed by atoms with E-state index in [1.807, 2.05) is 36.3 Å². The number of aromatic nitrogens is 2. The maximum Gasteiger partial charge on any atom is 0.263 e. The number of carbonyl (C=O) groups is 1. The summed E-state index contributed by atoms with van der Waals surface area (Å²) >= 11 is 3.03. The lowest BCUT2D eigenvalue weighted by Crippen LogP contribution is -2.40. The van der Waals surface area contributed by atoms with Gasteiger partial charge in [0.1, 0.15) is 4.83 Å². The van der Waals surface area contributed by atoms with Gasteiger partial charge in [0.05, 0.1) is 10.6 Å². The number of thiophene rings is 1. The molecular formula is C25H29N3O2S2. The summed E-state index contributed by atoms with van der Waals surface area (Å²) in [5.41, 5.74) is 3.68. The number of fused-ring (bicyclic) bond motifs is 2. The van der Waals surface area contributed by atoms with Crippen molar-refractivity contribution in [2.45, 2.75) is 75.9 Å². The second-order valence-corrected chi connectivity index (χ2v) is 11.5. The van der Waals surface area contributed by atoms with E-state index in [0.29, 0.717) is 11.7 Å². The zero-order valence-electron chi connectivity index (χ0n) is 18.9. The molecule has 2 aromatic heterocycles. The molecule has 1 saturated carbocycles. The van der Waals surface area contributed by atoms with Crippen molar-refractivity contribution in [3.05, 3.63) is 56.2 Å². The van der Waals surface area contributed by atoms with Crippen molar-refractivity contribution in [3.63, 3.8) is 0 Å². The Morgan fingerprint density at radius 3 is 2.66 bits per heavy atom. The first-order chi connectivity index (χ1) is 15.4. The van der Waals surface area contributed by atoms with Crippen LogP contribution in [0.2, 0.25) is 0 Å². The highest BCUT2D eigenvalue weighted by atomic mass is 32.2. The standard InChI is InChI=1S/C25H29N3O2S2/c1-15-16(2)31-22-21(15)24(30)28(20-10-6-7-11-20)25(26-22)32-17(3)23(29)27-13-12-18-8-4-5-9-19(18)14-27/h4-5,8-9,17,20H,6-7,10-14H2,1-3H3. The van der Waals surface area contributed by atoms with Crippen LogP contribution in [0.25, 0.3) is 10.2 Å². The van der Waals surface area contributed by atoms with Gasteiger partial charge in [-0.15, -0.1) is 11.3 Å². The normalized spacial score (nSPS) is 17.7. The molecule has 0 radical (unpaired) electrons. The van der Waals surface area contributed by atoms with E-state index in [1.54, 1.807) is 11.3 Å². The smallest absolute Gasteiger partial charge is 0.263 e. The molecule has 32 heavy (non-hydrogen) atoms. The van der Waals surface area contributed by atoms with Crippen LogP contribution in [-0.4, -0.2) is 32.2 Å². The average molecular weight is 468 g/mol. The van der Waals surface area contributed by atoms with Gasteiger partial charge in [-0.05, 0) is 56.7 Å². The molecule has 0 saturated heterocycles. The van der Waals surface area contributed by atoms with Crippen molar-refractivity contribution < 1.29 is 4.79 Å². The van der Waals surface area contributed by atoms with Crippen molar-refractivity contribution in [2.75, 3.05) is 6.54 Å². The fraction of sp³-hybridized carbons (Fsp3) is 0.480. The van der Waals surface area contributed by atoms with E-state index in [9.17, 15) is 9.59 Å². The monoisotopic (exact) mass is 467 g/mol. The highest BCUT2D eigenvalue weighted by Crippen LogP contribution is 2.36. The van der Waals surface area contributed by atoms with Crippen LogP contribution in [0.3, 0.4) is 0 Å². The minimum Gasteiger partial charge on any atom is -0.337 e. The first kappa shape index (κ1) is 21.7. The Hall–Kier alpha value is -2.12. The average Bonchev–Trinajstić information content (AvgIpc) is 3.41. The van der Waals surface area contributed by atoms with Crippen LogP contribution in [0, 0.1) is 13.8 Å². The third-order valence-electron chi connectivity index (χ3n) is 6.96. The number of hydrogen-bond acceptors (Lipinski definition) is 5. The molecule has 1 atom stereocenters. The molecule has 3 aromatic rings. The summed E-state index contributed by atoms with van der Waals surface area (Å²) in [7, 11) is 0. The molecular weight excluding hydrogens is 438 g/mol. The first-order valence-corrected chi connectivity index (χ1v) is 13.2. The summed E-state index contributed by atoms with van der Waals surface area (Å²) < 4.78 is 1.91. The van der Waals surface area contributed by atoms with Crippen molar-refractivity contribution in [1.82, 2.24) is 14.5 Å². The lowest BCUT2D eigenvalue weighted by Gasteiger charge is -2.31. The summed E-state index contributed by atoms with van der Waals surface area (Å²) in [6, 6.07) is 8.55. The van der Waals surface area contributed by atoms with Gasteiger partial charge in [-0.2, -0.15) is 0 Å². The van der Waals surface area contributed by atoms with Crippen molar-refractivity contribution in [2.24, 2.45) is 0 Å². The molecule has 168 valence electrons. The number of amides is 1. The van der Waals surface area contributed by atoms with E-state index in [2.05, 4.69) is 18.2 Å². The maximum atomic E-state index is 13.6. The number of rotatable bonds is 4. The number of aryl methyl sites for hydroxylation is 2. The van der Waals surface area contributed by atoms with Gasteiger partial charge in [0.25, 0.3) is 5.56 Å². The molecule has 1 fully saturated rings. The lowest BCUT2D eigenvalue weighted by atomic mass is 10.00. The number of benzene rings is 1. The van der Waals surface area contributed by atoms with Crippen molar-refractivity contribution in [1.29, 1.82) is 0 Å². The van der Waals surface area contributed by atoms with E-state index in [-0.39, 0.29) is 22.8 Å². The van der Waals surface area contributed by atoms with Gasteiger partial charge in [0.2, 0.25) is 5.91 Å². The van der Waals surface area contributed by atoms with Crippen LogP contribution < -0.4 is 5.56 Å². The van der Waals surface area contributed by atoms with Crippen LogP contribution in [0.4, 0.5) is 0 Å². The molecule has 1 unspecified atom stereocenters. The predicted molar refractivity (Wildman–Crippen MR) is 132 cm³/mol.